The topological polar surface area (TPSA) is 63.2 Å². The molecule has 0 spiro atoms. The molecular formula is C20H22ClN2O3+. The highest BCUT2D eigenvalue weighted by atomic mass is 35.5. The van der Waals surface area contributed by atoms with E-state index in [1.807, 2.05) is 36.5 Å². The lowest BCUT2D eigenvalue weighted by Gasteiger charge is -2.15. The molecule has 2 amide bonds. The fourth-order valence-corrected chi connectivity index (χ4v) is 3.20. The molecule has 0 unspecified atom stereocenters. The Balaban J connectivity index is 1.58. The Bertz CT molecular complexity index is 775. The summed E-state index contributed by atoms with van der Waals surface area (Å²) < 4.78 is 5.40. The number of hydrogen-bond acceptors (Lipinski definition) is 3. The fraction of sp³-hybridized carbons (Fsp3) is 0.300. The largest absolute Gasteiger partial charge is 0.494 e. The standard InChI is InChI=1S/C20H21ClN2O3/c1-2-26-17-9-7-16(8-10-17)23-19(24)13-18(20(23)25)22-12-11-14-3-5-15(21)6-4-14/h3-10,18,22H,2,11-13H2,1H3/p+1/t18-/m1/s1. The van der Waals surface area contributed by atoms with Gasteiger partial charge in [0, 0.05) is 11.4 Å². The molecule has 2 N–H and O–H groups in total. The van der Waals surface area contributed by atoms with Crippen LogP contribution in [-0.4, -0.2) is 31.0 Å². The maximum atomic E-state index is 12.6. The number of amides is 2. The molecule has 136 valence electrons. The van der Waals surface area contributed by atoms with E-state index in [2.05, 4.69) is 0 Å². The number of carbonyl (C=O) groups is 2. The third kappa shape index (κ3) is 4.23. The van der Waals surface area contributed by atoms with Crippen LogP contribution in [0.2, 0.25) is 5.02 Å². The van der Waals surface area contributed by atoms with E-state index in [1.54, 1.807) is 24.3 Å². The predicted molar refractivity (Wildman–Crippen MR) is 100 cm³/mol. The van der Waals surface area contributed by atoms with Crippen molar-refractivity contribution in [2.75, 3.05) is 18.1 Å². The van der Waals surface area contributed by atoms with Gasteiger partial charge in [0.1, 0.15) is 5.75 Å². The number of rotatable bonds is 7. The minimum Gasteiger partial charge on any atom is -0.494 e. The second kappa shape index (κ2) is 8.34. The second-order valence-corrected chi connectivity index (χ2v) is 6.64. The van der Waals surface area contributed by atoms with Crippen molar-refractivity contribution in [2.24, 2.45) is 0 Å². The van der Waals surface area contributed by atoms with E-state index in [-0.39, 0.29) is 24.3 Å². The molecule has 6 heteroatoms. The van der Waals surface area contributed by atoms with Crippen molar-refractivity contribution in [3.63, 3.8) is 0 Å². The lowest BCUT2D eigenvalue weighted by atomic mass is 10.1. The van der Waals surface area contributed by atoms with Crippen molar-refractivity contribution in [3.05, 3.63) is 59.1 Å². The highest BCUT2D eigenvalue weighted by molar-refractivity contribution is 6.30. The number of halogens is 1. The van der Waals surface area contributed by atoms with E-state index >= 15 is 0 Å². The molecule has 26 heavy (non-hydrogen) atoms. The van der Waals surface area contributed by atoms with Gasteiger partial charge >= 0.3 is 0 Å². The third-order valence-corrected chi connectivity index (χ3v) is 4.64. The van der Waals surface area contributed by atoms with Gasteiger partial charge in [-0.25, -0.2) is 4.90 Å². The van der Waals surface area contributed by atoms with Gasteiger partial charge in [-0.1, -0.05) is 23.7 Å². The maximum Gasteiger partial charge on any atom is 0.292 e. The van der Waals surface area contributed by atoms with Crippen LogP contribution in [0.15, 0.2) is 48.5 Å². The molecule has 0 aliphatic carbocycles. The average Bonchev–Trinajstić information content (AvgIpc) is 2.92. The second-order valence-electron chi connectivity index (χ2n) is 6.21. The summed E-state index contributed by atoms with van der Waals surface area (Å²) in [6, 6.07) is 14.3. The number of nitrogens with two attached hydrogens (primary N) is 1. The van der Waals surface area contributed by atoms with Crippen LogP contribution in [0.3, 0.4) is 0 Å². The molecule has 0 saturated carbocycles. The number of carbonyl (C=O) groups excluding carboxylic acids is 2. The van der Waals surface area contributed by atoms with Crippen molar-refractivity contribution in [3.8, 4) is 5.75 Å². The Morgan fingerprint density at radius 2 is 1.81 bits per heavy atom. The molecule has 1 atom stereocenters. The molecule has 2 aromatic carbocycles. The first-order chi connectivity index (χ1) is 12.6. The first kappa shape index (κ1) is 18.4. The summed E-state index contributed by atoms with van der Waals surface area (Å²) >= 11 is 5.88. The van der Waals surface area contributed by atoms with Crippen LogP contribution in [0.1, 0.15) is 18.9 Å². The number of ether oxygens (including phenoxy) is 1. The van der Waals surface area contributed by atoms with E-state index in [4.69, 9.17) is 16.3 Å². The number of hydrogen-bond donors (Lipinski definition) is 1. The van der Waals surface area contributed by atoms with Crippen molar-refractivity contribution < 1.29 is 19.6 Å². The van der Waals surface area contributed by atoms with E-state index in [0.29, 0.717) is 17.3 Å². The van der Waals surface area contributed by atoms with Gasteiger partial charge in [0.15, 0.2) is 6.04 Å². The lowest BCUT2D eigenvalue weighted by Crippen LogP contribution is -2.92. The molecule has 1 aliphatic heterocycles. The number of benzene rings is 2. The first-order valence-electron chi connectivity index (χ1n) is 8.76. The van der Waals surface area contributed by atoms with Crippen LogP contribution in [0.4, 0.5) is 5.69 Å². The van der Waals surface area contributed by atoms with E-state index in [0.717, 1.165) is 24.3 Å². The molecule has 1 heterocycles. The Kier molecular flexibility index (Phi) is 5.91. The maximum absolute atomic E-state index is 12.6. The van der Waals surface area contributed by atoms with Gasteiger partial charge < -0.3 is 10.1 Å². The smallest absolute Gasteiger partial charge is 0.292 e. The van der Waals surface area contributed by atoms with E-state index in [1.165, 1.54) is 4.90 Å². The highest BCUT2D eigenvalue weighted by Gasteiger charge is 2.42. The number of nitrogens with zero attached hydrogens (tertiary/aromatic N) is 1. The molecule has 5 nitrogen and oxygen atoms in total. The van der Waals surface area contributed by atoms with E-state index < -0.39 is 0 Å². The molecule has 3 rings (SSSR count). The normalized spacial score (nSPS) is 17.0. The monoisotopic (exact) mass is 373 g/mol. The van der Waals surface area contributed by atoms with Crippen LogP contribution in [0.5, 0.6) is 5.75 Å². The minimum absolute atomic E-state index is 0.157. The van der Waals surface area contributed by atoms with Crippen molar-refractivity contribution in [1.29, 1.82) is 0 Å². The first-order valence-corrected chi connectivity index (χ1v) is 9.13. The summed E-state index contributed by atoms with van der Waals surface area (Å²) in [6.07, 6.45) is 1.05. The average molecular weight is 374 g/mol. The molecule has 0 bridgehead atoms. The van der Waals surface area contributed by atoms with Crippen molar-refractivity contribution in [1.82, 2.24) is 0 Å². The van der Waals surface area contributed by atoms with Gasteiger partial charge in [-0.15, -0.1) is 0 Å². The zero-order valence-electron chi connectivity index (χ0n) is 14.7. The molecule has 1 aliphatic rings. The summed E-state index contributed by atoms with van der Waals surface area (Å²) in [6.45, 7) is 3.22. The quantitative estimate of drug-likeness (QED) is 0.756. The summed E-state index contributed by atoms with van der Waals surface area (Å²) in [5, 5.41) is 2.66. The molecule has 1 fully saturated rings. The van der Waals surface area contributed by atoms with Crippen molar-refractivity contribution in [2.45, 2.75) is 25.8 Å². The zero-order valence-corrected chi connectivity index (χ0v) is 15.4. The van der Waals surface area contributed by atoms with Crippen LogP contribution >= 0.6 is 11.6 Å². The van der Waals surface area contributed by atoms with Gasteiger partial charge in [-0.3, -0.25) is 9.59 Å². The van der Waals surface area contributed by atoms with Crippen LogP contribution < -0.4 is 15.0 Å². The zero-order chi connectivity index (χ0) is 18.5. The summed E-state index contributed by atoms with van der Waals surface area (Å²) in [4.78, 5) is 26.2. The predicted octanol–water partition coefficient (Wildman–Crippen LogP) is 2.18. The van der Waals surface area contributed by atoms with Crippen LogP contribution in [0, 0.1) is 0 Å². The SMILES string of the molecule is CCOc1ccc(N2C(=O)C[C@@H]([NH2+]CCc3ccc(Cl)cc3)C2=O)cc1. The van der Waals surface area contributed by atoms with Gasteiger partial charge in [0.05, 0.1) is 25.3 Å². The van der Waals surface area contributed by atoms with Gasteiger partial charge in [-0.2, -0.15) is 0 Å². The molecule has 2 aromatic rings. The Morgan fingerprint density at radius 1 is 1.12 bits per heavy atom. The highest BCUT2D eigenvalue weighted by Crippen LogP contribution is 2.24. The number of imide groups is 1. The minimum atomic E-state index is -0.360. The molecule has 0 radical (unpaired) electrons. The molecule has 0 aromatic heterocycles. The van der Waals surface area contributed by atoms with Gasteiger partial charge in [-0.05, 0) is 48.9 Å². The summed E-state index contributed by atoms with van der Waals surface area (Å²) in [7, 11) is 0. The van der Waals surface area contributed by atoms with E-state index in [9.17, 15) is 9.59 Å². The van der Waals surface area contributed by atoms with Crippen molar-refractivity contribution >= 4 is 29.1 Å². The summed E-state index contributed by atoms with van der Waals surface area (Å²) in [5.41, 5.74) is 1.75. The number of quaternary nitrogens is 1. The van der Waals surface area contributed by atoms with Crippen LogP contribution in [-0.2, 0) is 16.0 Å². The fourth-order valence-electron chi connectivity index (χ4n) is 3.07. The Morgan fingerprint density at radius 3 is 2.46 bits per heavy atom. The third-order valence-electron chi connectivity index (χ3n) is 4.38. The number of anilines is 1. The molecule has 1 saturated heterocycles. The lowest BCUT2D eigenvalue weighted by molar-refractivity contribution is -0.674. The van der Waals surface area contributed by atoms with Crippen LogP contribution in [0.25, 0.3) is 0 Å². The van der Waals surface area contributed by atoms with Gasteiger partial charge in [0.2, 0.25) is 5.91 Å². The summed E-state index contributed by atoms with van der Waals surface area (Å²) in [5.74, 6) is 0.406. The van der Waals surface area contributed by atoms with Gasteiger partial charge in [0.25, 0.3) is 5.91 Å². The Hall–Kier alpha value is -2.37. The Labute approximate surface area is 157 Å². The molecular weight excluding hydrogens is 352 g/mol.